The molecule has 45 heavy (non-hydrogen) atoms. The van der Waals surface area contributed by atoms with Gasteiger partial charge in [0, 0.05) is 62.4 Å². The van der Waals surface area contributed by atoms with E-state index >= 15 is 4.39 Å². The Morgan fingerprint density at radius 1 is 0.867 bits per heavy atom. The summed E-state index contributed by atoms with van der Waals surface area (Å²) in [5.74, 6) is -1.08. The third-order valence-electron chi connectivity index (χ3n) is 9.25. The number of amides is 2. The molecule has 3 aliphatic rings. The van der Waals surface area contributed by atoms with Crippen molar-refractivity contribution in [1.29, 1.82) is 0 Å². The molecule has 0 spiro atoms. The average Bonchev–Trinajstić information content (AvgIpc) is 3.06. The van der Waals surface area contributed by atoms with Crippen molar-refractivity contribution in [3.63, 3.8) is 0 Å². The molecule has 3 saturated heterocycles. The maximum absolute atomic E-state index is 15.0. The monoisotopic (exact) mass is 614 g/mol. The lowest BCUT2D eigenvalue weighted by molar-refractivity contribution is -0.118. The molecule has 3 aromatic carbocycles. The fraction of sp³-hybridized carbons (Fsp3) is 0.444. The molecule has 2 amide bonds. The van der Waals surface area contributed by atoms with Crippen molar-refractivity contribution in [2.75, 3.05) is 61.6 Å². The molecule has 8 nitrogen and oxygen atoms in total. The molecule has 0 unspecified atom stereocenters. The lowest BCUT2D eigenvalue weighted by atomic mass is 9.81. The minimum absolute atomic E-state index is 0.0988. The minimum Gasteiger partial charge on any atom is -0.382 e. The van der Waals surface area contributed by atoms with Gasteiger partial charge in [-0.15, -0.1) is 0 Å². The molecule has 6 rings (SSSR count). The van der Waals surface area contributed by atoms with Gasteiger partial charge in [0.05, 0.1) is 24.8 Å². The Hall–Kier alpha value is -3.95. The van der Waals surface area contributed by atoms with E-state index in [0.29, 0.717) is 31.4 Å². The number of nitrogens with zero attached hydrogens (tertiary/aromatic N) is 2. The van der Waals surface area contributed by atoms with Gasteiger partial charge in [-0.2, -0.15) is 0 Å². The second-order valence-electron chi connectivity index (χ2n) is 12.3. The highest BCUT2D eigenvalue weighted by molar-refractivity contribution is 5.96. The van der Waals surface area contributed by atoms with Gasteiger partial charge in [0.1, 0.15) is 5.82 Å². The van der Waals surface area contributed by atoms with Gasteiger partial charge < -0.3 is 29.9 Å². The number of piperidine rings is 1. The Morgan fingerprint density at radius 2 is 1.60 bits per heavy atom. The Kier molecular flexibility index (Phi) is 9.96. The molecule has 2 N–H and O–H groups in total. The SMILES string of the molecule is Cc1cccc(F)c1C(=O)N1CCC[C@H](CC(=O)Nc2cccc(N3CCOCC3)c2)[C@@H]1c1ccc(NC2CCOCC2)cc1. The minimum atomic E-state index is -0.519. The Morgan fingerprint density at radius 3 is 2.36 bits per heavy atom. The van der Waals surface area contributed by atoms with Crippen molar-refractivity contribution < 1.29 is 23.5 Å². The molecule has 3 fully saturated rings. The number of nitrogens with one attached hydrogen (secondary N) is 2. The zero-order valence-corrected chi connectivity index (χ0v) is 26.0. The normalized spacial score (nSPS) is 20.9. The number of carbonyl (C=O) groups excluding carboxylic acids is 2. The summed E-state index contributed by atoms with van der Waals surface area (Å²) < 4.78 is 26.0. The van der Waals surface area contributed by atoms with Crippen molar-refractivity contribution in [3.8, 4) is 0 Å². The van der Waals surface area contributed by atoms with Gasteiger partial charge in [0.2, 0.25) is 5.91 Å². The highest BCUT2D eigenvalue weighted by Gasteiger charge is 2.38. The van der Waals surface area contributed by atoms with Crippen molar-refractivity contribution in [1.82, 2.24) is 4.90 Å². The first-order valence-corrected chi connectivity index (χ1v) is 16.2. The molecule has 0 bridgehead atoms. The highest BCUT2D eigenvalue weighted by Crippen LogP contribution is 2.40. The highest BCUT2D eigenvalue weighted by atomic mass is 19.1. The maximum atomic E-state index is 15.0. The average molecular weight is 615 g/mol. The van der Waals surface area contributed by atoms with Crippen LogP contribution in [0.4, 0.5) is 21.5 Å². The standard InChI is InChI=1S/C36H43FN4O4/c1-25-5-2-9-32(37)34(25)36(43)41-16-4-6-27(35(41)26-10-12-28(13-11-26)38-29-14-19-44-20-15-29)23-33(42)39-30-7-3-8-31(24-30)40-17-21-45-22-18-40/h2-3,5,7-13,24,27,29,35,38H,4,6,14-23H2,1H3,(H,39,42)/t27-,35+/m1/s1. The molecule has 0 aromatic heterocycles. The topological polar surface area (TPSA) is 83.1 Å². The molecule has 2 atom stereocenters. The van der Waals surface area contributed by atoms with Crippen molar-refractivity contribution in [3.05, 3.63) is 89.2 Å². The molecular formula is C36H43FN4O4. The quantitative estimate of drug-likeness (QED) is 0.315. The number of anilines is 3. The van der Waals surface area contributed by atoms with E-state index in [0.717, 1.165) is 74.6 Å². The number of rotatable bonds is 8. The lowest BCUT2D eigenvalue weighted by Gasteiger charge is -2.42. The van der Waals surface area contributed by atoms with E-state index in [1.54, 1.807) is 24.0 Å². The first-order chi connectivity index (χ1) is 22.0. The van der Waals surface area contributed by atoms with Crippen LogP contribution in [0.15, 0.2) is 66.7 Å². The Balaban J connectivity index is 1.23. The van der Waals surface area contributed by atoms with E-state index in [9.17, 15) is 9.59 Å². The van der Waals surface area contributed by atoms with E-state index < -0.39 is 5.82 Å². The van der Waals surface area contributed by atoms with Crippen molar-refractivity contribution in [2.45, 2.75) is 51.1 Å². The van der Waals surface area contributed by atoms with Crippen LogP contribution in [-0.4, -0.2) is 68.8 Å². The number of hydrogen-bond donors (Lipinski definition) is 2. The molecule has 238 valence electrons. The Bertz CT molecular complexity index is 1450. The van der Waals surface area contributed by atoms with E-state index in [1.165, 1.54) is 6.07 Å². The largest absolute Gasteiger partial charge is 0.382 e. The number of aryl methyl sites for hydroxylation is 1. The molecular weight excluding hydrogens is 571 g/mol. The van der Waals surface area contributed by atoms with Crippen LogP contribution in [0.1, 0.15) is 59.6 Å². The van der Waals surface area contributed by atoms with Crippen LogP contribution in [0.25, 0.3) is 0 Å². The Labute approximate surface area is 264 Å². The van der Waals surface area contributed by atoms with Gasteiger partial charge in [-0.05, 0) is 86.1 Å². The van der Waals surface area contributed by atoms with Crippen LogP contribution in [0.2, 0.25) is 0 Å². The summed E-state index contributed by atoms with van der Waals surface area (Å²) in [7, 11) is 0. The van der Waals surface area contributed by atoms with Crippen LogP contribution >= 0.6 is 0 Å². The molecule has 0 aliphatic carbocycles. The molecule has 0 radical (unpaired) electrons. The van der Waals surface area contributed by atoms with Gasteiger partial charge in [-0.3, -0.25) is 9.59 Å². The number of carbonyl (C=O) groups is 2. The van der Waals surface area contributed by atoms with Crippen molar-refractivity contribution >= 4 is 28.9 Å². The first-order valence-electron chi connectivity index (χ1n) is 16.2. The molecule has 3 aliphatic heterocycles. The number of morpholine rings is 1. The van der Waals surface area contributed by atoms with Crippen LogP contribution in [-0.2, 0) is 14.3 Å². The predicted octanol–water partition coefficient (Wildman–Crippen LogP) is 6.18. The number of ether oxygens (including phenoxy) is 2. The van der Waals surface area contributed by atoms with Gasteiger partial charge in [-0.1, -0.05) is 30.3 Å². The zero-order valence-electron chi connectivity index (χ0n) is 26.0. The molecule has 0 saturated carbocycles. The van der Waals surface area contributed by atoms with Crippen LogP contribution in [0, 0.1) is 18.7 Å². The predicted molar refractivity (Wildman–Crippen MR) is 174 cm³/mol. The smallest absolute Gasteiger partial charge is 0.257 e. The summed E-state index contributed by atoms with van der Waals surface area (Å²) in [4.78, 5) is 31.6. The van der Waals surface area contributed by atoms with Gasteiger partial charge in [-0.25, -0.2) is 4.39 Å². The molecule has 9 heteroatoms. The van der Waals surface area contributed by atoms with Crippen molar-refractivity contribution in [2.24, 2.45) is 5.92 Å². The van der Waals surface area contributed by atoms with Gasteiger partial charge in [0.25, 0.3) is 5.91 Å². The summed E-state index contributed by atoms with van der Waals surface area (Å²) in [6, 6.07) is 20.8. The van der Waals surface area contributed by atoms with Crippen LogP contribution < -0.4 is 15.5 Å². The summed E-state index contributed by atoms with van der Waals surface area (Å²) in [6.45, 7) is 6.78. The first kappa shape index (κ1) is 31.0. The molecule has 3 aromatic rings. The fourth-order valence-corrected chi connectivity index (χ4v) is 6.92. The number of hydrogen-bond acceptors (Lipinski definition) is 6. The van der Waals surface area contributed by atoms with E-state index in [2.05, 4.69) is 15.5 Å². The second-order valence-corrected chi connectivity index (χ2v) is 12.3. The number of benzene rings is 3. The number of halogens is 1. The van der Waals surface area contributed by atoms with E-state index in [-0.39, 0.29) is 35.8 Å². The molecule has 3 heterocycles. The second kappa shape index (κ2) is 14.4. The van der Waals surface area contributed by atoms with E-state index in [1.807, 2.05) is 48.5 Å². The van der Waals surface area contributed by atoms with Crippen LogP contribution in [0.3, 0.4) is 0 Å². The van der Waals surface area contributed by atoms with Crippen LogP contribution in [0.5, 0.6) is 0 Å². The summed E-state index contributed by atoms with van der Waals surface area (Å²) >= 11 is 0. The third kappa shape index (κ3) is 7.48. The van der Waals surface area contributed by atoms with Gasteiger partial charge >= 0.3 is 0 Å². The summed E-state index contributed by atoms with van der Waals surface area (Å²) in [5, 5.41) is 6.71. The lowest BCUT2D eigenvalue weighted by Crippen LogP contribution is -2.44. The maximum Gasteiger partial charge on any atom is 0.257 e. The van der Waals surface area contributed by atoms with E-state index in [4.69, 9.17) is 9.47 Å². The van der Waals surface area contributed by atoms with Gasteiger partial charge in [0.15, 0.2) is 0 Å². The summed E-state index contributed by atoms with van der Waals surface area (Å²) in [6.07, 6.45) is 3.69. The summed E-state index contributed by atoms with van der Waals surface area (Å²) in [5.41, 5.74) is 4.47. The zero-order chi connectivity index (χ0) is 31.2. The fourth-order valence-electron chi connectivity index (χ4n) is 6.92. The number of likely N-dealkylation sites (tertiary alicyclic amines) is 1. The third-order valence-corrected chi connectivity index (χ3v) is 9.25.